The second-order valence-corrected chi connectivity index (χ2v) is 4.96. The molecular formula is C14H20N2O2. The number of hydrogen-bond acceptors (Lipinski definition) is 3. The third-order valence-electron chi connectivity index (χ3n) is 3.09. The van der Waals surface area contributed by atoms with Crippen LogP contribution in [0.2, 0.25) is 0 Å². The van der Waals surface area contributed by atoms with Gasteiger partial charge in [-0.25, -0.2) is 0 Å². The summed E-state index contributed by atoms with van der Waals surface area (Å²) in [6, 6.07) is 5.75. The van der Waals surface area contributed by atoms with Crippen LogP contribution in [0, 0.1) is 6.92 Å². The Morgan fingerprint density at radius 3 is 2.83 bits per heavy atom. The lowest BCUT2D eigenvalue weighted by molar-refractivity contribution is -0.118. The summed E-state index contributed by atoms with van der Waals surface area (Å²) >= 11 is 0. The van der Waals surface area contributed by atoms with E-state index in [1.807, 2.05) is 32.0 Å². The van der Waals surface area contributed by atoms with Crippen LogP contribution in [0.1, 0.15) is 31.7 Å². The first-order valence-corrected chi connectivity index (χ1v) is 6.39. The summed E-state index contributed by atoms with van der Waals surface area (Å²) in [6.07, 6.45) is 2.45. The van der Waals surface area contributed by atoms with Gasteiger partial charge in [-0.3, -0.25) is 4.79 Å². The van der Waals surface area contributed by atoms with E-state index in [0.717, 1.165) is 30.6 Å². The van der Waals surface area contributed by atoms with E-state index in [4.69, 9.17) is 10.5 Å². The summed E-state index contributed by atoms with van der Waals surface area (Å²) < 4.78 is 5.65. The normalized spacial score (nSPS) is 16.2. The Hall–Kier alpha value is -1.55. The summed E-state index contributed by atoms with van der Waals surface area (Å²) in [5, 5.41) is 2.86. The van der Waals surface area contributed by atoms with Crippen molar-refractivity contribution >= 4 is 11.6 Å². The number of amides is 1. The summed E-state index contributed by atoms with van der Waals surface area (Å²) in [5.74, 6) is 0.599. The number of aryl methyl sites for hydroxylation is 1. The Bertz CT molecular complexity index is 453. The van der Waals surface area contributed by atoms with E-state index in [1.54, 1.807) is 0 Å². The highest BCUT2D eigenvalue weighted by Gasteiger charge is 2.46. The minimum Gasteiger partial charge on any atom is -0.491 e. The van der Waals surface area contributed by atoms with Gasteiger partial charge in [-0.2, -0.15) is 0 Å². The van der Waals surface area contributed by atoms with Crippen molar-refractivity contribution in [2.24, 2.45) is 5.73 Å². The molecule has 0 bridgehead atoms. The Morgan fingerprint density at radius 2 is 2.22 bits per heavy atom. The highest BCUT2D eigenvalue weighted by molar-refractivity contribution is 6.01. The molecule has 0 aromatic heterocycles. The number of ether oxygens (including phenoxy) is 1. The van der Waals surface area contributed by atoms with Gasteiger partial charge >= 0.3 is 0 Å². The second-order valence-electron chi connectivity index (χ2n) is 4.96. The van der Waals surface area contributed by atoms with E-state index in [2.05, 4.69) is 5.32 Å². The maximum atomic E-state index is 11.9. The van der Waals surface area contributed by atoms with Gasteiger partial charge in [0.1, 0.15) is 5.75 Å². The molecule has 4 heteroatoms. The molecule has 1 aliphatic carbocycles. The van der Waals surface area contributed by atoms with Crippen LogP contribution in [0.5, 0.6) is 5.75 Å². The molecule has 0 heterocycles. The number of rotatable bonds is 5. The van der Waals surface area contributed by atoms with Crippen LogP contribution in [-0.4, -0.2) is 18.1 Å². The Kier molecular flexibility index (Phi) is 3.57. The van der Waals surface area contributed by atoms with Crippen LogP contribution in [0.3, 0.4) is 0 Å². The van der Waals surface area contributed by atoms with Crippen molar-refractivity contribution in [2.45, 2.75) is 38.6 Å². The van der Waals surface area contributed by atoms with Crippen LogP contribution in [-0.2, 0) is 4.79 Å². The fraction of sp³-hybridized carbons (Fsp3) is 0.500. The van der Waals surface area contributed by atoms with E-state index < -0.39 is 5.54 Å². The molecule has 1 aromatic carbocycles. The summed E-state index contributed by atoms with van der Waals surface area (Å²) in [5.41, 5.74) is 7.01. The molecule has 1 saturated carbocycles. The van der Waals surface area contributed by atoms with Gasteiger partial charge in [0.15, 0.2) is 0 Å². The summed E-state index contributed by atoms with van der Waals surface area (Å²) in [6.45, 7) is 4.68. The molecule has 98 valence electrons. The monoisotopic (exact) mass is 248 g/mol. The van der Waals surface area contributed by atoms with Crippen molar-refractivity contribution in [2.75, 3.05) is 11.9 Å². The van der Waals surface area contributed by atoms with Gasteiger partial charge in [-0.1, -0.05) is 13.0 Å². The molecule has 0 atom stereocenters. The maximum absolute atomic E-state index is 11.9. The molecule has 1 amide bonds. The highest BCUT2D eigenvalue weighted by atomic mass is 16.5. The van der Waals surface area contributed by atoms with Crippen molar-refractivity contribution in [3.8, 4) is 5.75 Å². The zero-order valence-corrected chi connectivity index (χ0v) is 11.0. The van der Waals surface area contributed by atoms with Crippen molar-refractivity contribution in [3.05, 3.63) is 23.8 Å². The molecule has 18 heavy (non-hydrogen) atoms. The second kappa shape index (κ2) is 4.98. The van der Waals surface area contributed by atoms with E-state index >= 15 is 0 Å². The molecule has 2 rings (SSSR count). The molecule has 0 unspecified atom stereocenters. The number of nitrogens with two attached hydrogens (primary N) is 1. The van der Waals surface area contributed by atoms with E-state index in [-0.39, 0.29) is 5.91 Å². The van der Waals surface area contributed by atoms with E-state index in [9.17, 15) is 4.79 Å². The molecule has 0 aliphatic heterocycles. The van der Waals surface area contributed by atoms with Crippen molar-refractivity contribution in [1.29, 1.82) is 0 Å². The van der Waals surface area contributed by atoms with Crippen LogP contribution in [0.4, 0.5) is 5.69 Å². The first-order chi connectivity index (χ1) is 8.55. The van der Waals surface area contributed by atoms with Crippen LogP contribution in [0.25, 0.3) is 0 Å². The maximum Gasteiger partial charge on any atom is 0.244 e. The predicted octanol–water partition coefficient (Wildman–Crippen LogP) is 2.21. The summed E-state index contributed by atoms with van der Waals surface area (Å²) in [4.78, 5) is 11.9. The molecule has 1 aromatic rings. The molecule has 1 fully saturated rings. The number of carbonyl (C=O) groups excluding carboxylic acids is 1. The average Bonchev–Trinajstić information content (AvgIpc) is 3.09. The topological polar surface area (TPSA) is 64.3 Å². The van der Waals surface area contributed by atoms with E-state index in [1.165, 1.54) is 0 Å². The number of carbonyl (C=O) groups is 1. The van der Waals surface area contributed by atoms with Gasteiger partial charge in [0.25, 0.3) is 0 Å². The Morgan fingerprint density at radius 1 is 1.50 bits per heavy atom. The lowest BCUT2D eigenvalue weighted by Crippen LogP contribution is -2.37. The summed E-state index contributed by atoms with van der Waals surface area (Å²) in [7, 11) is 0. The number of nitrogens with one attached hydrogen (secondary N) is 1. The molecule has 3 N–H and O–H groups in total. The Balaban J connectivity index is 2.13. The zero-order chi connectivity index (χ0) is 13.2. The number of anilines is 1. The lowest BCUT2D eigenvalue weighted by atomic mass is 10.2. The minimum absolute atomic E-state index is 0.118. The SMILES string of the molecule is CCCOc1cc(C)ccc1NC(=O)C1(N)CC1. The molecule has 1 aliphatic rings. The molecular weight excluding hydrogens is 228 g/mol. The third kappa shape index (κ3) is 2.82. The standard InChI is InChI=1S/C14H20N2O2/c1-3-8-18-12-9-10(2)4-5-11(12)16-13(17)14(15)6-7-14/h4-5,9H,3,6-8,15H2,1-2H3,(H,16,17). The third-order valence-corrected chi connectivity index (χ3v) is 3.09. The minimum atomic E-state index is -0.660. The quantitative estimate of drug-likeness (QED) is 0.839. The first kappa shape index (κ1) is 12.9. The first-order valence-electron chi connectivity index (χ1n) is 6.39. The van der Waals surface area contributed by atoms with Gasteiger partial charge in [0.05, 0.1) is 17.8 Å². The van der Waals surface area contributed by atoms with Crippen molar-refractivity contribution < 1.29 is 9.53 Å². The Labute approximate surface area is 108 Å². The molecule has 4 nitrogen and oxygen atoms in total. The van der Waals surface area contributed by atoms with Gasteiger partial charge in [-0.05, 0) is 43.9 Å². The largest absolute Gasteiger partial charge is 0.491 e. The van der Waals surface area contributed by atoms with Gasteiger partial charge in [0, 0.05) is 0 Å². The number of hydrogen-bond donors (Lipinski definition) is 2. The zero-order valence-electron chi connectivity index (χ0n) is 11.0. The van der Waals surface area contributed by atoms with Crippen molar-refractivity contribution in [3.63, 3.8) is 0 Å². The van der Waals surface area contributed by atoms with Gasteiger partial charge in [-0.15, -0.1) is 0 Å². The fourth-order valence-electron chi connectivity index (χ4n) is 1.67. The van der Waals surface area contributed by atoms with Crippen LogP contribution in [0.15, 0.2) is 18.2 Å². The molecule has 0 saturated heterocycles. The predicted molar refractivity (Wildman–Crippen MR) is 71.7 cm³/mol. The van der Waals surface area contributed by atoms with Gasteiger partial charge < -0.3 is 15.8 Å². The van der Waals surface area contributed by atoms with E-state index in [0.29, 0.717) is 12.3 Å². The molecule has 0 spiro atoms. The number of benzene rings is 1. The van der Waals surface area contributed by atoms with Gasteiger partial charge in [0.2, 0.25) is 5.91 Å². The van der Waals surface area contributed by atoms with Crippen LogP contribution >= 0.6 is 0 Å². The fourth-order valence-corrected chi connectivity index (χ4v) is 1.67. The average molecular weight is 248 g/mol. The highest BCUT2D eigenvalue weighted by Crippen LogP contribution is 2.35. The van der Waals surface area contributed by atoms with Crippen LogP contribution < -0.4 is 15.8 Å². The van der Waals surface area contributed by atoms with Crippen molar-refractivity contribution in [1.82, 2.24) is 0 Å². The molecule has 0 radical (unpaired) electrons. The lowest BCUT2D eigenvalue weighted by Gasteiger charge is -2.15. The smallest absolute Gasteiger partial charge is 0.244 e.